The van der Waals surface area contributed by atoms with E-state index in [-0.39, 0.29) is 16.6 Å². The molecule has 0 saturated heterocycles. The highest BCUT2D eigenvalue weighted by Gasteiger charge is 2.14. The third-order valence-corrected chi connectivity index (χ3v) is 4.19. The van der Waals surface area contributed by atoms with Gasteiger partial charge in [-0.2, -0.15) is 0 Å². The molecular formula is C24H34O. The largest absolute Gasteiger partial charge is 0.299 e. The van der Waals surface area contributed by atoms with Crippen LogP contribution in [0, 0.1) is 5.41 Å². The molecule has 136 valence electrons. The number of hydrogen-bond donors (Lipinski definition) is 0. The maximum absolute atomic E-state index is 12.2. The third kappa shape index (κ3) is 7.69. The van der Waals surface area contributed by atoms with Gasteiger partial charge in [0.15, 0.2) is 0 Å². The molecule has 0 aliphatic rings. The summed E-state index contributed by atoms with van der Waals surface area (Å²) in [6, 6.07) is 8.42. The van der Waals surface area contributed by atoms with Crippen LogP contribution in [0.3, 0.4) is 0 Å². The first-order valence-corrected chi connectivity index (χ1v) is 9.15. The summed E-state index contributed by atoms with van der Waals surface area (Å²) in [5.74, 6) is 0.247. The number of benzene rings is 1. The van der Waals surface area contributed by atoms with Crippen LogP contribution in [0.4, 0.5) is 0 Å². The first-order chi connectivity index (χ1) is 11.5. The Bertz CT molecular complexity index is 641. The third-order valence-electron chi connectivity index (χ3n) is 4.19. The molecule has 1 heteroatoms. The summed E-state index contributed by atoms with van der Waals surface area (Å²) in [6.45, 7) is 15.2. The molecule has 0 aliphatic carbocycles. The molecule has 0 saturated carbocycles. The lowest BCUT2D eigenvalue weighted by Crippen LogP contribution is -2.11. The van der Waals surface area contributed by atoms with Crippen LogP contribution in [-0.4, -0.2) is 5.78 Å². The SMILES string of the molecule is C\C=C/C(=C\C=C\CC(=O)Cc1ccc(C(C)(C)C)cc1)C(C)(C)C. The molecule has 1 aromatic carbocycles. The number of rotatable bonds is 6. The molecule has 1 aromatic rings. The predicted octanol–water partition coefficient (Wildman–Crippen LogP) is 6.59. The second-order valence-corrected chi connectivity index (χ2v) is 8.67. The van der Waals surface area contributed by atoms with E-state index in [9.17, 15) is 4.79 Å². The van der Waals surface area contributed by atoms with Gasteiger partial charge in [-0.05, 0) is 34.5 Å². The molecule has 0 aromatic heterocycles. The van der Waals surface area contributed by atoms with Crippen molar-refractivity contribution < 1.29 is 4.79 Å². The molecule has 0 radical (unpaired) electrons. The van der Waals surface area contributed by atoms with Crippen molar-refractivity contribution in [3.63, 3.8) is 0 Å². The number of carbonyl (C=O) groups excluding carboxylic acids is 1. The molecule has 0 N–H and O–H groups in total. The lowest BCUT2D eigenvalue weighted by molar-refractivity contribution is -0.117. The Morgan fingerprint density at radius 3 is 2.08 bits per heavy atom. The Balaban J connectivity index is 2.63. The van der Waals surface area contributed by atoms with Gasteiger partial charge in [0.2, 0.25) is 0 Å². The second-order valence-electron chi connectivity index (χ2n) is 8.67. The van der Waals surface area contributed by atoms with Crippen molar-refractivity contribution in [2.45, 2.75) is 66.7 Å². The zero-order valence-electron chi connectivity index (χ0n) is 17.0. The summed E-state index contributed by atoms with van der Waals surface area (Å²) in [6.07, 6.45) is 11.2. The predicted molar refractivity (Wildman–Crippen MR) is 110 cm³/mol. The molecule has 0 atom stereocenters. The molecule has 1 rings (SSSR count). The monoisotopic (exact) mass is 338 g/mol. The minimum Gasteiger partial charge on any atom is -0.299 e. The molecule has 0 aliphatic heterocycles. The fraction of sp³-hybridized carbons (Fsp3) is 0.458. The fourth-order valence-electron chi connectivity index (χ4n) is 2.53. The van der Waals surface area contributed by atoms with Crippen molar-refractivity contribution in [1.82, 2.24) is 0 Å². The van der Waals surface area contributed by atoms with Gasteiger partial charge in [-0.1, -0.05) is 96.2 Å². The first kappa shape index (κ1) is 21.2. The van der Waals surface area contributed by atoms with Gasteiger partial charge >= 0.3 is 0 Å². The van der Waals surface area contributed by atoms with Crippen molar-refractivity contribution in [1.29, 1.82) is 0 Å². The molecule has 0 unspecified atom stereocenters. The van der Waals surface area contributed by atoms with E-state index in [0.29, 0.717) is 12.8 Å². The highest BCUT2D eigenvalue weighted by molar-refractivity contribution is 5.82. The maximum Gasteiger partial charge on any atom is 0.141 e. The van der Waals surface area contributed by atoms with Crippen molar-refractivity contribution in [3.05, 3.63) is 71.3 Å². The molecule has 0 spiro atoms. The van der Waals surface area contributed by atoms with Crippen LogP contribution in [-0.2, 0) is 16.6 Å². The summed E-state index contributed by atoms with van der Waals surface area (Å²) in [4.78, 5) is 12.2. The minimum absolute atomic E-state index is 0.107. The molecule has 0 heterocycles. The molecule has 1 nitrogen and oxygen atoms in total. The molecule has 0 bridgehead atoms. The van der Waals surface area contributed by atoms with Gasteiger partial charge < -0.3 is 0 Å². The lowest BCUT2D eigenvalue weighted by atomic mass is 9.86. The van der Waals surface area contributed by atoms with E-state index < -0.39 is 0 Å². The van der Waals surface area contributed by atoms with Crippen LogP contribution in [0.25, 0.3) is 0 Å². The summed E-state index contributed by atoms with van der Waals surface area (Å²) >= 11 is 0. The van der Waals surface area contributed by atoms with Crippen molar-refractivity contribution in [2.75, 3.05) is 0 Å². The van der Waals surface area contributed by atoms with Crippen LogP contribution >= 0.6 is 0 Å². The Morgan fingerprint density at radius 1 is 1.00 bits per heavy atom. The van der Waals surface area contributed by atoms with E-state index in [1.807, 2.05) is 19.1 Å². The van der Waals surface area contributed by atoms with E-state index in [1.165, 1.54) is 11.1 Å². The maximum atomic E-state index is 12.2. The van der Waals surface area contributed by atoms with Gasteiger partial charge in [-0.25, -0.2) is 0 Å². The smallest absolute Gasteiger partial charge is 0.141 e. The number of allylic oxidation sites excluding steroid dienone is 6. The van der Waals surface area contributed by atoms with E-state index in [1.54, 1.807) is 0 Å². The molecule has 0 amide bonds. The lowest BCUT2D eigenvalue weighted by Gasteiger charge is -2.19. The van der Waals surface area contributed by atoms with Crippen molar-refractivity contribution >= 4 is 5.78 Å². The Hall–Kier alpha value is -1.89. The topological polar surface area (TPSA) is 17.1 Å². The Labute approximate surface area is 154 Å². The van der Waals surface area contributed by atoms with Gasteiger partial charge in [-0.3, -0.25) is 4.79 Å². The van der Waals surface area contributed by atoms with Crippen LogP contribution in [0.15, 0.2) is 60.2 Å². The fourth-order valence-corrected chi connectivity index (χ4v) is 2.53. The van der Waals surface area contributed by atoms with Crippen LogP contribution in [0.5, 0.6) is 0 Å². The Morgan fingerprint density at radius 2 is 1.60 bits per heavy atom. The normalized spacial score (nSPS) is 13.8. The van der Waals surface area contributed by atoms with Crippen LogP contribution in [0.2, 0.25) is 0 Å². The van der Waals surface area contributed by atoms with Crippen molar-refractivity contribution in [3.8, 4) is 0 Å². The average Bonchev–Trinajstić information content (AvgIpc) is 2.49. The van der Waals surface area contributed by atoms with Crippen LogP contribution < -0.4 is 0 Å². The van der Waals surface area contributed by atoms with Gasteiger partial charge in [0.25, 0.3) is 0 Å². The molecular weight excluding hydrogens is 304 g/mol. The second kappa shape index (κ2) is 8.99. The quantitative estimate of drug-likeness (QED) is 0.535. The van der Waals surface area contributed by atoms with Crippen molar-refractivity contribution in [2.24, 2.45) is 5.41 Å². The highest BCUT2D eigenvalue weighted by Crippen LogP contribution is 2.26. The van der Waals surface area contributed by atoms with E-state index in [0.717, 1.165) is 5.56 Å². The number of Topliss-reactive ketones (excluding diaryl/α,β-unsaturated/α-hetero) is 1. The van der Waals surface area contributed by atoms with Gasteiger partial charge in [0.05, 0.1) is 0 Å². The average molecular weight is 339 g/mol. The van der Waals surface area contributed by atoms with E-state index in [2.05, 4.69) is 84.0 Å². The standard InChI is InChI=1S/C24H34O/c1-8-11-20(23(2,3)4)12-9-10-13-22(25)18-19-14-16-21(17-15-19)24(5,6)7/h8-12,14-17H,13,18H2,1-7H3/b10-9+,11-8-,20-12+. The van der Waals surface area contributed by atoms with Crippen LogP contribution in [0.1, 0.15) is 66.0 Å². The summed E-state index contributed by atoms with van der Waals surface area (Å²) in [5, 5.41) is 0. The van der Waals surface area contributed by atoms with E-state index >= 15 is 0 Å². The number of carbonyl (C=O) groups is 1. The van der Waals surface area contributed by atoms with E-state index in [4.69, 9.17) is 0 Å². The van der Waals surface area contributed by atoms with Gasteiger partial charge in [-0.15, -0.1) is 0 Å². The zero-order valence-corrected chi connectivity index (χ0v) is 17.0. The van der Waals surface area contributed by atoms with Gasteiger partial charge in [0.1, 0.15) is 5.78 Å². The zero-order chi connectivity index (χ0) is 19.1. The van der Waals surface area contributed by atoms with Gasteiger partial charge in [0, 0.05) is 12.8 Å². The summed E-state index contributed by atoms with van der Waals surface area (Å²) in [7, 11) is 0. The number of hydrogen-bond acceptors (Lipinski definition) is 1. The first-order valence-electron chi connectivity index (χ1n) is 9.15. The highest BCUT2D eigenvalue weighted by atomic mass is 16.1. The molecule has 0 fully saturated rings. The summed E-state index contributed by atoms with van der Waals surface area (Å²) in [5.41, 5.74) is 3.90. The Kier molecular flexibility index (Phi) is 7.60. The summed E-state index contributed by atoms with van der Waals surface area (Å²) < 4.78 is 0. The minimum atomic E-state index is 0.107. The molecule has 25 heavy (non-hydrogen) atoms. The number of ketones is 1.